The average molecular weight is 288 g/mol. The summed E-state index contributed by atoms with van der Waals surface area (Å²) in [6, 6.07) is 7.30. The summed E-state index contributed by atoms with van der Waals surface area (Å²) in [4.78, 5) is 0. The molecule has 0 amide bonds. The second kappa shape index (κ2) is 5.40. The summed E-state index contributed by atoms with van der Waals surface area (Å²) in [7, 11) is 0. The van der Waals surface area contributed by atoms with Gasteiger partial charge in [0.25, 0.3) is 0 Å². The molecule has 2 aromatic carbocycles. The van der Waals surface area contributed by atoms with Crippen LogP contribution in [0.15, 0.2) is 30.3 Å². The number of hydrogen-bond acceptors (Lipinski definition) is 0. The van der Waals surface area contributed by atoms with Crippen LogP contribution >= 0.6 is 0 Å². The second-order valence-corrected chi connectivity index (χ2v) is 5.30. The molecule has 21 heavy (non-hydrogen) atoms. The predicted octanol–water partition coefficient (Wildman–Crippen LogP) is 5.15. The van der Waals surface area contributed by atoms with Crippen molar-refractivity contribution in [2.45, 2.75) is 26.2 Å². The van der Waals surface area contributed by atoms with E-state index in [0.717, 1.165) is 5.56 Å². The van der Waals surface area contributed by atoms with Crippen LogP contribution in [0.3, 0.4) is 0 Å². The molecule has 0 saturated heterocycles. The maximum atomic E-state index is 14.2. The molecule has 0 heterocycles. The van der Waals surface area contributed by atoms with Gasteiger partial charge in [-0.1, -0.05) is 19.1 Å². The number of allylic oxidation sites excluding steroid dienone is 1. The molecule has 1 aliphatic carbocycles. The van der Waals surface area contributed by atoms with Crippen LogP contribution in [0.5, 0.6) is 0 Å². The fourth-order valence-electron chi connectivity index (χ4n) is 2.79. The summed E-state index contributed by atoms with van der Waals surface area (Å²) in [5, 5.41) is 0. The molecule has 0 N–H and O–H groups in total. The van der Waals surface area contributed by atoms with Crippen molar-refractivity contribution in [3.05, 3.63) is 70.0 Å². The van der Waals surface area contributed by atoms with Gasteiger partial charge in [0.05, 0.1) is 0 Å². The van der Waals surface area contributed by atoms with E-state index in [2.05, 4.69) is 0 Å². The summed E-state index contributed by atoms with van der Waals surface area (Å²) in [6.45, 7) is 1.85. The lowest BCUT2D eigenvalue weighted by Crippen LogP contribution is -2.04. The van der Waals surface area contributed by atoms with E-state index >= 15 is 0 Å². The van der Waals surface area contributed by atoms with Crippen molar-refractivity contribution in [2.24, 2.45) is 0 Å². The monoisotopic (exact) mass is 288 g/mol. The molecule has 2 aromatic rings. The average Bonchev–Trinajstić information content (AvgIpc) is 2.46. The SMILES string of the molecule is CCc1cc(F)c(C2=Cc3cc(F)ccc3CC2)c(F)c1. The van der Waals surface area contributed by atoms with Crippen LogP contribution in [-0.2, 0) is 12.8 Å². The molecule has 0 saturated carbocycles. The molecule has 0 nitrogen and oxygen atoms in total. The lowest BCUT2D eigenvalue weighted by Gasteiger charge is -2.18. The number of benzene rings is 2. The van der Waals surface area contributed by atoms with Crippen molar-refractivity contribution in [2.75, 3.05) is 0 Å². The summed E-state index contributed by atoms with van der Waals surface area (Å²) in [5.74, 6) is -1.43. The number of halogens is 3. The molecule has 0 spiro atoms. The van der Waals surface area contributed by atoms with E-state index in [4.69, 9.17) is 0 Å². The quantitative estimate of drug-likeness (QED) is 0.716. The highest BCUT2D eigenvalue weighted by molar-refractivity contribution is 5.84. The van der Waals surface area contributed by atoms with Gasteiger partial charge in [-0.25, -0.2) is 13.2 Å². The van der Waals surface area contributed by atoms with Gasteiger partial charge in [0, 0.05) is 5.56 Å². The van der Waals surface area contributed by atoms with Crippen LogP contribution in [-0.4, -0.2) is 0 Å². The van der Waals surface area contributed by atoms with Gasteiger partial charge in [0.2, 0.25) is 0 Å². The third-order valence-electron chi connectivity index (χ3n) is 3.93. The van der Waals surface area contributed by atoms with Gasteiger partial charge in [0.1, 0.15) is 17.5 Å². The molecule has 0 bridgehead atoms. The third-order valence-corrected chi connectivity index (χ3v) is 3.93. The van der Waals surface area contributed by atoms with Crippen molar-refractivity contribution in [3.8, 4) is 0 Å². The molecule has 0 unspecified atom stereocenters. The molecule has 0 aromatic heterocycles. The molecular weight excluding hydrogens is 273 g/mol. The van der Waals surface area contributed by atoms with Gasteiger partial charge < -0.3 is 0 Å². The lowest BCUT2D eigenvalue weighted by atomic mass is 9.88. The van der Waals surface area contributed by atoms with Gasteiger partial charge in [0.15, 0.2) is 0 Å². The van der Waals surface area contributed by atoms with Crippen molar-refractivity contribution < 1.29 is 13.2 Å². The minimum Gasteiger partial charge on any atom is -0.207 e. The Balaban J connectivity index is 2.10. The Kier molecular flexibility index (Phi) is 3.58. The van der Waals surface area contributed by atoms with Gasteiger partial charge in [-0.2, -0.15) is 0 Å². The zero-order valence-electron chi connectivity index (χ0n) is 11.7. The largest absolute Gasteiger partial charge is 0.207 e. The highest BCUT2D eigenvalue weighted by Crippen LogP contribution is 2.33. The van der Waals surface area contributed by atoms with E-state index in [-0.39, 0.29) is 11.4 Å². The summed E-state index contributed by atoms with van der Waals surface area (Å²) in [6.07, 6.45) is 3.49. The van der Waals surface area contributed by atoms with Crippen LogP contribution in [0, 0.1) is 17.5 Å². The Morgan fingerprint density at radius 2 is 1.67 bits per heavy atom. The van der Waals surface area contributed by atoms with E-state index in [9.17, 15) is 13.2 Å². The molecule has 3 rings (SSSR count). The smallest absolute Gasteiger partial charge is 0.133 e. The van der Waals surface area contributed by atoms with Crippen LogP contribution in [0.2, 0.25) is 0 Å². The Bertz CT molecular complexity index is 706. The minimum atomic E-state index is -0.544. The second-order valence-electron chi connectivity index (χ2n) is 5.30. The normalized spacial score (nSPS) is 13.8. The van der Waals surface area contributed by atoms with Crippen LogP contribution in [0.4, 0.5) is 13.2 Å². The summed E-state index contributed by atoms with van der Waals surface area (Å²) < 4.78 is 41.7. The first-order chi connectivity index (χ1) is 10.1. The molecular formula is C18H15F3. The van der Waals surface area contributed by atoms with Gasteiger partial charge in [-0.15, -0.1) is 0 Å². The van der Waals surface area contributed by atoms with Crippen molar-refractivity contribution in [1.82, 2.24) is 0 Å². The molecule has 108 valence electrons. The summed E-state index contributed by atoms with van der Waals surface area (Å²) >= 11 is 0. The fourth-order valence-corrected chi connectivity index (χ4v) is 2.79. The van der Waals surface area contributed by atoms with Gasteiger partial charge >= 0.3 is 0 Å². The highest BCUT2D eigenvalue weighted by Gasteiger charge is 2.19. The van der Waals surface area contributed by atoms with Crippen LogP contribution in [0.25, 0.3) is 11.6 Å². The molecule has 3 heteroatoms. The Morgan fingerprint density at radius 3 is 2.33 bits per heavy atom. The maximum Gasteiger partial charge on any atom is 0.133 e. The van der Waals surface area contributed by atoms with Crippen LogP contribution < -0.4 is 0 Å². The van der Waals surface area contributed by atoms with E-state index in [1.165, 1.54) is 24.3 Å². The topological polar surface area (TPSA) is 0 Å². The fraction of sp³-hybridized carbons (Fsp3) is 0.222. The van der Waals surface area contributed by atoms with Crippen molar-refractivity contribution >= 4 is 11.6 Å². The number of aryl methyl sites for hydroxylation is 2. The first kappa shape index (κ1) is 13.9. The van der Waals surface area contributed by atoms with E-state index in [1.807, 2.05) is 6.92 Å². The first-order valence-electron chi connectivity index (χ1n) is 7.05. The van der Waals surface area contributed by atoms with Crippen molar-refractivity contribution in [1.29, 1.82) is 0 Å². The Hall–Kier alpha value is -2.03. The Morgan fingerprint density at radius 1 is 0.952 bits per heavy atom. The first-order valence-corrected chi connectivity index (χ1v) is 7.05. The molecule has 0 atom stereocenters. The maximum absolute atomic E-state index is 14.2. The Labute approximate surface area is 121 Å². The van der Waals surface area contributed by atoms with Crippen LogP contribution in [0.1, 0.15) is 35.6 Å². The standard InChI is InChI=1S/C18H15F3/c1-2-11-7-16(20)18(17(21)8-11)13-4-3-12-5-6-15(19)10-14(12)9-13/h5-10H,2-4H2,1H3. The van der Waals surface area contributed by atoms with Gasteiger partial charge in [-0.05, 0) is 65.8 Å². The number of rotatable bonds is 2. The predicted molar refractivity (Wildman–Crippen MR) is 78.3 cm³/mol. The minimum absolute atomic E-state index is 0.0158. The van der Waals surface area contributed by atoms with E-state index in [1.54, 1.807) is 12.1 Å². The lowest BCUT2D eigenvalue weighted by molar-refractivity contribution is 0.572. The van der Waals surface area contributed by atoms with Gasteiger partial charge in [-0.3, -0.25) is 0 Å². The van der Waals surface area contributed by atoms with Crippen molar-refractivity contribution in [3.63, 3.8) is 0 Å². The zero-order valence-corrected chi connectivity index (χ0v) is 11.7. The zero-order chi connectivity index (χ0) is 15.0. The van der Waals surface area contributed by atoms with E-state index in [0.29, 0.717) is 36.0 Å². The third kappa shape index (κ3) is 2.60. The number of hydrogen-bond donors (Lipinski definition) is 0. The molecule has 0 aliphatic heterocycles. The molecule has 0 radical (unpaired) electrons. The van der Waals surface area contributed by atoms with E-state index < -0.39 is 11.6 Å². The number of fused-ring (bicyclic) bond motifs is 1. The molecule has 1 aliphatic rings. The molecule has 0 fully saturated rings. The highest BCUT2D eigenvalue weighted by atomic mass is 19.1. The summed E-state index contributed by atoms with van der Waals surface area (Å²) in [5.41, 5.74) is 2.95.